The van der Waals surface area contributed by atoms with Crippen molar-refractivity contribution in [2.75, 3.05) is 25.4 Å². The van der Waals surface area contributed by atoms with E-state index in [1.807, 2.05) is 0 Å². The minimum atomic E-state index is -0.852. The Labute approximate surface area is 105 Å². The van der Waals surface area contributed by atoms with E-state index in [0.29, 0.717) is 37.2 Å². The van der Waals surface area contributed by atoms with Crippen molar-refractivity contribution in [1.29, 1.82) is 0 Å². The Morgan fingerprint density at radius 1 is 1.56 bits per heavy atom. The second-order valence-corrected chi connectivity index (χ2v) is 4.30. The molecule has 0 atom stereocenters. The van der Waals surface area contributed by atoms with Gasteiger partial charge in [-0.25, -0.2) is 14.8 Å². The molecule has 0 aromatic carbocycles. The molecule has 3 N–H and O–H groups in total. The molecule has 0 unspecified atom stereocenters. The molecule has 7 heteroatoms. The van der Waals surface area contributed by atoms with Crippen molar-refractivity contribution < 1.29 is 14.6 Å². The average Bonchev–Trinajstić information content (AvgIpc) is 2.38. The van der Waals surface area contributed by atoms with Crippen molar-refractivity contribution in [3.05, 3.63) is 12.5 Å². The summed E-state index contributed by atoms with van der Waals surface area (Å²) >= 11 is 0. The molecule has 1 aromatic rings. The third-order valence-corrected chi connectivity index (χ3v) is 3.07. The van der Waals surface area contributed by atoms with Crippen molar-refractivity contribution in [3.8, 4) is 5.75 Å². The number of hydrogen-bond donors (Lipinski definition) is 2. The highest BCUT2D eigenvalue weighted by molar-refractivity contribution is 5.64. The predicted molar refractivity (Wildman–Crippen MR) is 64.3 cm³/mol. The van der Waals surface area contributed by atoms with E-state index in [4.69, 9.17) is 15.6 Å². The lowest BCUT2D eigenvalue weighted by Crippen LogP contribution is -2.38. The van der Waals surface area contributed by atoms with Gasteiger partial charge in [-0.05, 0) is 18.8 Å². The highest BCUT2D eigenvalue weighted by Crippen LogP contribution is 2.21. The van der Waals surface area contributed by atoms with Crippen LogP contribution in [0.2, 0.25) is 0 Å². The third-order valence-electron chi connectivity index (χ3n) is 3.07. The SMILES string of the molecule is Nc1ncncc1OCC1CCN(C(=O)O)CC1. The number of amides is 1. The van der Waals surface area contributed by atoms with Crippen LogP contribution in [-0.4, -0.2) is 45.8 Å². The van der Waals surface area contributed by atoms with Crippen LogP contribution in [0, 0.1) is 5.92 Å². The lowest BCUT2D eigenvalue weighted by atomic mass is 9.98. The van der Waals surface area contributed by atoms with Crippen LogP contribution < -0.4 is 10.5 Å². The largest absolute Gasteiger partial charge is 0.488 e. The maximum absolute atomic E-state index is 10.7. The Bertz CT molecular complexity index is 419. The minimum Gasteiger partial charge on any atom is -0.488 e. The van der Waals surface area contributed by atoms with Crippen LogP contribution in [0.25, 0.3) is 0 Å². The molecule has 1 aliphatic heterocycles. The van der Waals surface area contributed by atoms with Crippen LogP contribution in [0.3, 0.4) is 0 Å². The van der Waals surface area contributed by atoms with Crippen molar-refractivity contribution >= 4 is 11.9 Å². The lowest BCUT2D eigenvalue weighted by Gasteiger charge is -2.29. The standard InChI is InChI=1S/C11H16N4O3/c12-10-9(5-13-7-14-10)18-6-8-1-3-15(4-2-8)11(16)17/h5,7-8H,1-4,6H2,(H,16,17)(H2,12,13,14). The number of carboxylic acid groups (broad SMARTS) is 1. The highest BCUT2D eigenvalue weighted by Gasteiger charge is 2.22. The van der Waals surface area contributed by atoms with E-state index < -0.39 is 6.09 Å². The van der Waals surface area contributed by atoms with E-state index in [-0.39, 0.29) is 0 Å². The summed E-state index contributed by atoms with van der Waals surface area (Å²) < 4.78 is 5.56. The molecule has 1 fully saturated rings. The fraction of sp³-hybridized carbons (Fsp3) is 0.545. The van der Waals surface area contributed by atoms with Gasteiger partial charge >= 0.3 is 6.09 Å². The van der Waals surface area contributed by atoms with Crippen LogP contribution in [0.4, 0.5) is 10.6 Å². The quantitative estimate of drug-likeness (QED) is 0.826. The Hall–Kier alpha value is -2.05. The van der Waals surface area contributed by atoms with Gasteiger partial charge in [0.15, 0.2) is 11.6 Å². The molecule has 2 rings (SSSR count). The summed E-state index contributed by atoms with van der Waals surface area (Å²) in [4.78, 5) is 19.9. The zero-order valence-corrected chi connectivity index (χ0v) is 9.95. The van der Waals surface area contributed by atoms with E-state index in [1.165, 1.54) is 17.4 Å². The molecule has 98 valence electrons. The van der Waals surface area contributed by atoms with Crippen molar-refractivity contribution in [2.45, 2.75) is 12.8 Å². The smallest absolute Gasteiger partial charge is 0.407 e. The zero-order chi connectivity index (χ0) is 13.0. The Morgan fingerprint density at radius 2 is 2.28 bits per heavy atom. The molecule has 0 bridgehead atoms. The molecule has 1 aliphatic rings. The molecule has 2 heterocycles. The van der Waals surface area contributed by atoms with E-state index in [9.17, 15) is 4.79 Å². The summed E-state index contributed by atoms with van der Waals surface area (Å²) in [6, 6.07) is 0. The lowest BCUT2D eigenvalue weighted by molar-refractivity contribution is 0.112. The summed E-state index contributed by atoms with van der Waals surface area (Å²) in [5.74, 6) is 1.16. The van der Waals surface area contributed by atoms with Crippen molar-refractivity contribution in [2.24, 2.45) is 5.92 Å². The molecular weight excluding hydrogens is 236 g/mol. The molecule has 7 nitrogen and oxygen atoms in total. The van der Waals surface area contributed by atoms with E-state index in [2.05, 4.69) is 9.97 Å². The van der Waals surface area contributed by atoms with Gasteiger partial charge in [0.25, 0.3) is 0 Å². The maximum atomic E-state index is 10.7. The molecule has 1 saturated heterocycles. The van der Waals surface area contributed by atoms with Crippen LogP contribution in [0.5, 0.6) is 5.75 Å². The van der Waals surface area contributed by atoms with Crippen LogP contribution in [0.15, 0.2) is 12.5 Å². The summed E-state index contributed by atoms with van der Waals surface area (Å²) in [7, 11) is 0. The van der Waals surface area contributed by atoms with Gasteiger partial charge in [0.2, 0.25) is 0 Å². The van der Waals surface area contributed by atoms with Gasteiger partial charge in [0.1, 0.15) is 6.33 Å². The summed E-state index contributed by atoms with van der Waals surface area (Å²) in [6.07, 6.45) is 3.66. The average molecular weight is 252 g/mol. The molecule has 1 aromatic heterocycles. The zero-order valence-electron chi connectivity index (χ0n) is 9.95. The van der Waals surface area contributed by atoms with Crippen LogP contribution in [0.1, 0.15) is 12.8 Å². The predicted octanol–water partition coefficient (Wildman–Crippen LogP) is 0.828. The number of nitrogens with zero attached hydrogens (tertiary/aromatic N) is 3. The van der Waals surface area contributed by atoms with Gasteiger partial charge in [-0.3, -0.25) is 0 Å². The fourth-order valence-electron chi connectivity index (χ4n) is 1.94. The van der Waals surface area contributed by atoms with Crippen LogP contribution >= 0.6 is 0 Å². The number of piperidine rings is 1. The molecular formula is C11H16N4O3. The summed E-state index contributed by atoms with van der Waals surface area (Å²) in [5, 5.41) is 8.83. The minimum absolute atomic E-state index is 0.327. The number of nitrogens with two attached hydrogens (primary N) is 1. The second kappa shape index (κ2) is 5.52. The first kappa shape index (κ1) is 12.4. The number of carbonyl (C=O) groups is 1. The van der Waals surface area contributed by atoms with Gasteiger partial charge in [0.05, 0.1) is 12.8 Å². The number of ether oxygens (including phenoxy) is 1. The van der Waals surface area contributed by atoms with E-state index >= 15 is 0 Å². The highest BCUT2D eigenvalue weighted by atomic mass is 16.5. The van der Waals surface area contributed by atoms with Gasteiger partial charge in [-0.1, -0.05) is 0 Å². The Balaban J connectivity index is 1.79. The summed E-state index contributed by atoms with van der Waals surface area (Å²) in [6.45, 7) is 1.64. The van der Waals surface area contributed by atoms with E-state index in [1.54, 1.807) is 0 Å². The van der Waals surface area contributed by atoms with Crippen molar-refractivity contribution in [1.82, 2.24) is 14.9 Å². The molecule has 0 spiro atoms. The van der Waals surface area contributed by atoms with Crippen molar-refractivity contribution in [3.63, 3.8) is 0 Å². The topological polar surface area (TPSA) is 102 Å². The molecule has 0 saturated carbocycles. The normalized spacial score (nSPS) is 16.6. The number of rotatable bonds is 3. The summed E-state index contributed by atoms with van der Waals surface area (Å²) in [5.41, 5.74) is 5.64. The maximum Gasteiger partial charge on any atom is 0.407 e. The monoisotopic (exact) mass is 252 g/mol. The first-order chi connectivity index (χ1) is 8.66. The Morgan fingerprint density at radius 3 is 2.89 bits per heavy atom. The van der Waals surface area contributed by atoms with Gasteiger partial charge < -0.3 is 20.5 Å². The number of aromatic nitrogens is 2. The molecule has 0 aliphatic carbocycles. The molecule has 1 amide bonds. The van der Waals surface area contributed by atoms with Gasteiger partial charge in [0, 0.05) is 13.1 Å². The Kier molecular flexibility index (Phi) is 3.81. The first-order valence-corrected chi connectivity index (χ1v) is 5.83. The van der Waals surface area contributed by atoms with Gasteiger partial charge in [-0.15, -0.1) is 0 Å². The second-order valence-electron chi connectivity index (χ2n) is 4.30. The van der Waals surface area contributed by atoms with Gasteiger partial charge in [-0.2, -0.15) is 0 Å². The fourth-order valence-corrected chi connectivity index (χ4v) is 1.94. The number of likely N-dealkylation sites (tertiary alicyclic amines) is 1. The third kappa shape index (κ3) is 2.99. The number of hydrogen-bond acceptors (Lipinski definition) is 5. The number of anilines is 1. The number of nitrogen functional groups attached to an aromatic ring is 1. The first-order valence-electron chi connectivity index (χ1n) is 5.83. The molecule has 0 radical (unpaired) electrons. The van der Waals surface area contributed by atoms with E-state index in [0.717, 1.165) is 12.8 Å². The van der Waals surface area contributed by atoms with Crippen LogP contribution in [-0.2, 0) is 0 Å². The molecule has 18 heavy (non-hydrogen) atoms.